The zero-order chi connectivity index (χ0) is 13.8. The van der Waals surface area contributed by atoms with Gasteiger partial charge in [0.05, 0.1) is 7.11 Å². The largest absolute Gasteiger partial charge is 0.497 e. The number of hydrogen-bond donors (Lipinski definition) is 1. The third-order valence-corrected chi connectivity index (χ3v) is 4.66. The molecule has 0 spiro atoms. The summed E-state index contributed by atoms with van der Waals surface area (Å²) in [4.78, 5) is 0. The van der Waals surface area contributed by atoms with Crippen LogP contribution in [0.2, 0.25) is 0 Å². The van der Waals surface area contributed by atoms with E-state index in [-0.39, 0.29) is 0 Å². The van der Waals surface area contributed by atoms with Gasteiger partial charge in [-0.3, -0.25) is 0 Å². The Balaban J connectivity index is 1.65. The molecule has 1 N–H and O–H groups in total. The molecule has 0 bridgehead atoms. The number of aryl methyl sites for hydroxylation is 1. The number of benzene rings is 1. The molecule has 0 amide bonds. The maximum atomic E-state index is 5.43. The van der Waals surface area contributed by atoms with Crippen LogP contribution in [0, 0.1) is 5.92 Å². The Labute approximate surface area is 121 Å². The lowest BCUT2D eigenvalue weighted by molar-refractivity contribution is 0.0652. The van der Waals surface area contributed by atoms with Gasteiger partial charge in [0.25, 0.3) is 0 Å². The molecule has 1 heterocycles. The van der Waals surface area contributed by atoms with Gasteiger partial charge in [0.1, 0.15) is 5.75 Å². The van der Waals surface area contributed by atoms with Crippen LogP contribution in [-0.4, -0.2) is 26.9 Å². The van der Waals surface area contributed by atoms with Crippen LogP contribution in [0.4, 0.5) is 0 Å². The van der Waals surface area contributed by atoms with Gasteiger partial charge >= 0.3 is 0 Å². The first-order valence-electron chi connectivity index (χ1n) is 7.85. The zero-order valence-corrected chi connectivity index (χ0v) is 12.4. The minimum Gasteiger partial charge on any atom is -0.497 e. The van der Waals surface area contributed by atoms with Gasteiger partial charge in [-0.2, -0.15) is 0 Å². The molecule has 3 nitrogen and oxygen atoms in total. The summed E-state index contributed by atoms with van der Waals surface area (Å²) < 4.78 is 10.8. The number of rotatable bonds is 4. The third kappa shape index (κ3) is 3.15. The van der Waals surface area contributed by atoms with E-state index in [2.05, 4.69) is 23.5 Å². The molecule has 1 fully saturated rings. The first-order valence-corrected chi connectivity index (χ1v) is 7.85. The molecule has 1 aliphatic heterocycles. The summed E-state index contributed by atoms with van der Waals surface area (Å²) in [5.41, 5.74) is 2.93. The molecule has 1 aromatic rings. The molecule has 1 unspecified atom stereocenters. The lowest BCUT2D eigenvalue weighted by Gasteiger charge is -2.30. The molecule has 2 aliphatic rings. The van der Waals surface area contributed by atoms with Crippen molar-refractivity contribution in [3.8, 4) is 5.75 Å². The van der Waals surface area contributed by atoms with Gasteiger partial charge in [-0.1, -0.05) is 6.07 Å². The van der Waals surface area contributed by atoms with E-state index in [4.69, 9.17) is 9.47 Å². The molecule has 1 aliphatic carbocycles. The zero-order valence-electron chi connectivity index (χ0n) is 12.4. The van der Waals surface area contributed by atoms with Crippen molar-refractivity contribution in [2.24, 2.45) is 5.92 Å². The first kappa shape index (κ1) is 13.9. The van der Waals surface area contributed by atoms with Crippen LogP contribution in [0.3, 0.4) is 0 Å². The average Bonchev–Trinajstić information content (AvgIpc) is 2.53. The first-order chi connectivity index (χ1) is 9.86. The molecule has 1 aromatic carbocycles. The predicted molar refractivity (Wildman–Crippen MR) is 80.2 cm³/mol. The van der Waals surface area contributed by atoms with Crippen molar-refractivity contribution in [3.05, 3.63) is 29.3 Å². The van der Waals surface area contributed by atoms with E-state index >= 15 is 0 Å². The summed E-state index contributed by atoms with van der Waals surface area (Å²) in [5, 5.41) is 3.79. The number of methoxy groups -OCH3 is 1. The topological polar surface area (TPSA) is 30.5 Å². The molecule has 3 heteroatoms. The fourth-order valence-electron chi connectivity index (χ4n) is 3.38. The highest BCUT2D eigenvalue weighted by atomic mass is 16.5. The molecule has 0 aromatic heterocycles. The van der Waals surface area contributed by atoms with Gasteiger partial charge in [0.15, 0.2) is 0 Å². The summed E-state index contributed by atoms with van der Waals surface area (Å²) in [6.45, 7) is 2.98. The highest BCUT2D eigenvalue weighted by Crippen LogP contribution is 2.32. The molecule has 0 radical (unpaired) electrons. The van der Waals surface area contributed by atoms with Gasteiger partial charge in [-0.05, 0) is 67.8 Å². The van der Waals surface area contributed by atoms with Crippen molar-refractivity contribution in [1.29, 1.82) is 0 Å². The minimum atomic E-state index is 0.497. The second-order valence-electron chi connectivity index (χ2n) is 5.97. The lowest BCUT2D eigenvalue weighted by Crippen LogP contribution is -2.32. The summed E-state index contributed by atoms with van der Waals surface area (Å²) in [6, 6.07) is 7.03. The van der Waals surface area contributed by atoms with E-state index in [1.807, 2.05) is 0 Å². The number of hydrogen-bond acceptors (Lipinski definition) is 3. The molecule has 20 heavy (non-hydrogen) atoms. The van der Waals surface area contributed by atoms with Crippen LogP contribution in [0.1, 0.15) is 42.9 Å². The van der Waals surface area contributed by atoms with Crippen molar-refractivity contribution in [3.63, 3.8) is 0 Å². The van der Waals surface area contributed by atoms with E-state index in [9.17, 15) is 0 Å². The Bertz CT molecular complexity index is 441. The highest BCUT2D eigenvalue weighted by Gasteiger charge is 2.22. The quantitative estimate of drug-likeness (QED) is 0.916. The van der Waals surface area contributed by atoms with Crippen LogP contribution < -0.4 is 10.1 Å². The normalized spacial score (nSPS) is 23.4. The van der Waals surface area contributed by atoms with Gasteiger partial charge in [0.2, 0.25) is 0 Å². The van der Waals surface area contributed by atoms with Crippen LogP contribution in [0.15, 0.2) is 18.2 Å². The van der Waals surface area contributed by atoms with Gasteiger partial charge in [0, 0.05) is 19.3 Å². The van der Waals surface area contributed by atoms with Crippen molar-refractivity contribution in [1.82, 2.24) is 5.32 Å². The minimum absolute atomic E-state index is 0.497. The average molecular weight is 275 g/mol. The molecular formula is C17H25NO2. The summed E-state index contributed by atoms with van der Waals surface area (Å²) in [7, 11) is 1.75. The summed E-state index contributed by atoms with van der Waals surface area (Å²) in [6.07, 6.45) is 6.12. The predicted octanol–water partition coefficient (Wildman–Crippen LogP) is 3.09. The monoisotopic (exact) mass is 275 g/mol. The highest BCUT2D eigenvalue weighted by molar-refractivity contribution is 5.39. The molecule has 1 saturated heterocycles. The molecule has 3 rings (SSSR count). The Hall–Kier alpha value is -1.06. The second kappa shape index (κ2) is 6.59. The summed E-state index contributed by atoms with van der Waals surface area (Å²) >= 11 is 0. The van der Waals surface area contributed by atoms with Crippen LogP contribution in [-0.2, 0) is 11.2 Å². The van der Waals surface area contributed by atoms with Gasteiger partial charge < -0.3 is 14.8 Å². The Morgan fingerprint density at radius 1 is 1.25 bits per heavy atom. The maximum Gasteiger partial charge on any atom is 0.119 e. The van der Waals surface area contributed by atoms with Crippen molar-refractivity contribution in [2.45, 2.75) is 38.1 Å². The summed E-state index contributed by atoms with van der Waals surface area (Å²) in [5.74, 6) is 1.75. The number of fused-ring (bicyclic) bond motifs is 1. The Morgan fingerprint density at radius 2 is 2.10 bits per heavy atom. The van der Waals surface area contributed by atoms with Gasteiger partial charge in [-0.25, -0.2) is 0 Å². The lowest BCUT2D eigenvalue weighted by atomic mass is 9.87. The van der Waals surface area contributed by atoms with E-state index in [1.165, 1.54) is 43.2 Å². The Kier molecular flexibility index (Phi) is 4.58. The molecular weight excluding hydrogens is 250 g/mol. The van der Waals surface area contributed by atoms with Crippen molar-refractivity contribution < 1.29 is 9.47 Å². The number of ether oxygens (including phenoxy) is 2. The molecule has 110 valence electrons. The maximum absolute atomic E-state index is 5.43. The standard InChI is InChI=1S/C17H25NO2/c1-19-15-6-5-14-3-2-4-17(16(14)11-15)18-12-13-7-9-20-10-8-13/h5-6,11,13,17-18H,2-4,7-10,12H2,1H3. The fourth-order valence-corrected chi connectivity index (χ4v) is 3.38. The SMILES string of the molecule is COc1ccc2c(c1)C(NCC1CCOCC1)CCC2. The molecule has 0 saturated carbocycles. The van der Waals surface area contributed by atoms with E-state index in [1.54, 1.807) is 7.11 Å². The molecule has 1 atom stereocenters. The van der Waals surface area contributed by atoms with E-state index in [0.717, 1.165) is 31.4 Å². The second-order valence-corrected chi connectivity index (χ2v) is 5.97. The van der Waals surface area contributed by atoms with Crippen LogP contribution in [0.25, 0.3) is 0 Å². The Morgan fingerprint density at radius 3 is 2.90 bits per heavy atom. The van der Waals surface area contributed by atoms with Crippen LogP contribution in [0.5, 0.6) is 5.75 Å². The van der Waals surface area contributed by atoms with Crippen molar-refractivity contribution in [2.75, 3.05) is 26.9 Å². The van der Waals surface area contributed by atoms with E-state index in [0.29, 0.717) is 6.04 Å². The number of nitrogens with one attached hydrogen (secondary N) is 1. The third-order valence-electron chi connectivity index (χ3n) is 4.66. The fraction of sp³-hybridized carbons (Fsp3) is 0.647. The van der Waals surface area contributed by atoms with Crippen LogP contribution >= 0.6 is 0 Å². The smallest absolute Gasteiger partial charge is 0.119 e. The van der Waals surface area contributed by atoms with Crippen molar-refractivity contribution >= 4 is 0 Å². The van der Waals surface area contributed by atoms with E-state index < -0.39 is 0 Å². The van der Waals surface area contributed by atoms with Gasteiger partial charge in [-0.15, -0.1) is 0 Å².